The lowest BCUT2D eigenvalue weighted by Crippen LogP contribution is -2.47. The van der Waals surface area contributed by atoms with Crippen molar-refractivity contribution in [3.05, 3.63) is 0 Å². The van der Waals surface area contributed by atoms with Crippen LogP contribution in [-0.2, 0) is 9.47 Å². The Bertz CT molecular complexity index is 278. The molecule has 3 unspecified atom stereocenters. The first kappa shape index (κ1) is 15.2. The molecule has 2 aliphatic heterocycles. The molecule has 0 saturated carbocycles. The zero-order valence-electron chi connectivity index (χ0n) is 12.9. The van der Waals surface area contributed by atoms with Crippen molar-refractivity contribution in [2.24, 2.45) is 0 Å². The van der Waals surface area contributed by atoms with Crippen LogP contribution in [0, 0.1) is 0 Å². The summed E-state index contributed by atoms with van der Waals surface area (Å²) in [6, 6.07) is 0.532. The number of nitrogens with zero attached hydrogens (tertiary/aromatic N) is 1. The largest absolute Gasteiger partial charge is 0.379 e. The number of rotatable bonds is 4. The molecular formula is C15H30N2O2. The number of hydrogen-bond donors (Lipinski definition) is 1. The van der Waals surface area contributed by atoms with E-state index >= 15 is 0 Å². The molecule has 0 bridgehead atoms. The first-order valence-corrected chi connectivity index (χ1v) is 7.66. The molecule has 0 aromatic heterocycles. The minimum Gasteiger partial charge on any atom is -0.379 e. The van der Waals surface area contributed by atoms with E-state index < -0.39 is 0 Å². The van der Waals surface area contributed by atoms with E-state index in [4.69, 9.17) is 9.47 Å². The van der Waals surface area contributed by atoms with Gasteiger partial charge in [-0.3, -0.25) is 4.90 Å². The molecule has 4 heteroatoms. The van der Waals surface area contributed by atoms with Crippen molar-refractivity contribution in [3.63, 3.8) is 0 Å². The van der Waals surface area contributed by atoms with Crippen LogP contribution in [0.2, 0.25) is 0 Å². The highest BCUT2D eigenvalue weighted by Gasteiger charge is 2.29. The fourth-order valence-electron chi connectivity index (χ4n) is 2.78. The van der Waals surface area contributed by atoms with Gasteiger partial charge in [0.05, 0.1) is 25.4 Å². The van der Waals surface area contributed by atoms with Crippen LogP contribution in [0.1, 0.15) is 40.5 Å². The Morgan fingerprint density at radius 1 is 1.21 bits per heavy atom. The molecule has 2 fully saturated rings. The predicted octanol–water partition coefficient (Wildman–Crippen LogP) is 1.64. The molecule has 2 aliphatic rings. The number of nitrogens with one attached hydrogen (secondary N) is 1. The van der Waals surface area contributed by atoms with Crippen molar-refractivity contribution in [1.29, 1.82) is 0 Å². The van der Waals surface area contributed by atoms with Gasteiger partial charge >= 0.3 is 0 Å². The van der Waals surface area contributed by atoms with Crippen LogP contribution in [0.5, 0.6) is 0 Å². The Hall–Kier alpha value is -0.160. The third-order valence-electron chi connectivity index (χ3n) is 4.00. The Morgan fingerprint density at radius 2 is 1.95 bits per heavy atom. The molecule has 19 heavy (non-hydrogen) atoms. The Balaban J connectivity index is 1.69. The van der Waals surface area contributed by atoms with Gasteiger partial charge in [-0.1, -0.05) is 0 Å². The Kier molecular flexibility index (Phi) is 5.23. The molecule has 2 rings (SSSR count). The van der Waals surface area contributed by atoms with Gasteiger partial charge in [-0.05, 0) is 40.5 Å². The summed E-state index contributed by atoms with van der Waals surface area (Å²) in [6.07, 6.45) is 3.18. The van der Waals surface area contributed by atoms with Crippen LogP contribution in [0.25, 0.3) is 0 Å². The summed E-state index contributed by atoms with van der Waals surface area (Å²) >= 11 is 0. The lowest BCUT2D eigenvalue weighted by molar-refractivity contribution is -0.0362. The molecule has 0 aromatic carbocycles. The standard InChI is InChI=1S/C15H30N2O2/c1-12-11-18-8-7-17(12)10-14-6-5-13(19-14)9-16-15(2,3)4/h12-14,16H,5-11H2,1-4H3. The van der Waals surface area contributed by atoms with E-state index in [0.29, 0.717) is 18.2 Å². The van der Waals surface area contributed by atoms with Crippen molar-refractivity contribution in [1.82, 2.24) is 10.2 Å². The summed E-state index contributed by atoms with van der Waals surface area (Å²) in [5, 5.41) is 3.54. The molecular weight excluding hydrogens is 240 g/mol. The second kappa shape index (κ2) is 6.53. The molecule has 3 atom stereocenters. The van der Waals surface area contributed by atoms with E-state index in [1.54, 1.807) is 0 Å². The molecule has 0 spiro atoms. The summed E-state index contributed by atoms with van der Waals surface area (Å²) in [5.41, 5.74) is 0.181. The molecule has 4 nitrogen and oxygen atoms in total. The number of hydrogen-bond acceptors (Lipinski definition) is 4. The van der Waals surface area contributed by atoms with E-state index in [-0.39, 0.29) is 5.54 Å². The number of ether oxygens (including phenoxy) is 2. The van der Waals surface area contributed by atoms with Crippen LogP contribution in [-0.4, -0.2) is 61.5 Å². The Labute approximate surface area is 117 Å². The smallest absolute Gasteiger partial charge is 0.0707 e. The first-order chi connectivity index (χ1) is 8.94. The molecule has 2 saturated heterocycles. The van der Waals surface area contributed by atoms with Gasteiger partial charge in [0.15, 0.2) is 0 Å². The summed E-state index contributed by atoms with van der Waals surface area (Å²) in [5.74, 6) is 0. The van der Waals surface area contributed by atoms with Gasteiger partial charge in [0.1, 0.15) is 0 Å². The van der Waals surface area contributed by atoms with E-state index in [1.165, 1.54) is 12.8 Å². The summed E-state index contributed by atoms with van der Waals surface area (Å²) in [4.78, 5) is 2.51. The SMILES string of the molecule is CC1COCCN1CC1CCC(CNC(C)(C)C)O1. The van der Waals surface area contributed by atoms with Gasteiger partial charge in [-0.2, -0.15) is 0 Å². The van der Waals surface area contributed by atoms with Crippen LogP contribution in [0.4, 0.5) is 0 Å². The van der Waals surface area contributed by atoms with Crippen molar-refractivity contribution in [2.75, 3.05) is 32.8 Å². The lowest BCUT2D eigenvalue weighted by Gasteiger charge is -2.34. The maximum atomic E-state index is 6.16. The van der Waals surface area contributed by atoms with Crippen LogP contribution >= 0.6 is 0 Å². The third-order valence-corrected chi connectivity index (χ3v) is 4.00. The van der Waals surface area contributed by atoms with Crippen molar-refractivity contribution in [2.45, 2.75) is 64.3 Å². The molecule has 2 heterocycles. The number of morpholine rings is 1. The van der Waals surface area contributed by atoms with E-state index in [2.05, 4.69) is 37.9 Å². The van der Waals surface area contributed by atoms with Crippen LogP contribution < -0.4 is 5.32 Å². The fraction of sp³-hybridized carbons (Fsp3) is 1.00. The molecule has 0 radical (unpaired) electrons. The van der Waals surface area contributed by atoms with Crippen LogP contribution in [0.3, 0.4) is 0 Å². The van der Waals surface area contributed by atoms with Crippen LogP contribution in [0.15, 0.2) is 0 Å². The molecule has 0 amide bonds. The maximum Gasteiger partial charge on any atom is 0.0707 e. The second-order valence-corrected chi connectivity index (χ2v) is 7.01. The highest BCUT2D eigenvalue weighted by atomic mass is 16.5. The monoisotopic (exact) mass is 270 g/mol. The highest BCUT2D eigenvalue weighted by Crippen LogP contribution is 2.22. The third kappa shape index (κ3) is 5.03. The zero-order chi connectivity index (χ0) is 13.9. The first-order valence-electron chi connectivity index (χ1n) is 7.66. The van der Waals surface area contributed by atoms with E-state index in [0.717, 1.165) is 32.8 Å². The van der Waals surface area contributed by atoms with E-state index in [1.807, 2.05) is 0 Å². The average molecular weight is 270 g/mol. The molecule has 0 aliphatic carbocycles. The van der Waals surface area contributed by atoms with Crippen molar-refractivity contribution < 1.29 is 9.47 Å². The normalized spacial score (nSPS) is 33.8. The Morgan fingerprint density at radius 3 is 2.63 bits per heavy atom. The quantitative estimate of drug-likeness (QED) is 0.842. The summed E-state index contributed by atoms with van der Waals surface area (Å²) in [6.45, 7) is 13.7. The topological polar surface area (TPSA) is 33.7 Å². The minimum atomic E-state index is 0.181. The van der Waals surface area contributed by atoms with E-state index in [9.17, 15) is 0 Å². The fourth-order valence-corrected chi connectivity index (χ4v) is 2.78. The van der Waals surface area contributed by atoms with Gasteiger partial charge in [0.2, 0.25) is 0 Å². The van der Waals surface area contributed by atoms with Gasteiger partial charge in [-0.25, -0.2) is 0 Å². The zero-order valence-corrected chi connectivity index (χ0v) is 12.9. The highest BCUT2D eigenvalue weighted by molar-refractivity contribution is 4.82. The summed E-state index contributed by atoms with van der Waals surface area (Å²) < 4.78 is 11.6. The lowest BCUT2D eigenvalue weighted by atomic mass is 10.1. The average Bonchev–Trinajstić information content (AvgIpc) is 2.77. The van der Waals surface area contributed by atoms with Gasteiger partial charge in [0, 0.05) is 31.2 Å². The molecule has 1 N–H and O–H groups in total. The maximum absolute atomic E-state index is 6.16. The molecule has 0 aromatic rings. The van der Waals surface area contributed by atoms with Crippen molar-refractivity contribution in [3.8, 4) is 0 Å². The van der Waals surface area contributed by atoms with Gasteiger partial charge in [0.25, 0.3) is 0 Å². The minimum absolute atomic E-state index is 0.181. The molecule has 112 valence electrons. The van der Waals surface area contributed by atoms with Gasteiger partial charge in [-0.15, -0.1) is 0 Å². The van der Waals surface area contributed by atoms with Gasteiger partial charge < -0.3 is 14.8 Å². The summed E-state index contributed by atoms with van der Waals surface area (Å²) in [7, 11) is 0. The second-order valence-electron chi connectivity index (χ2n) is 7.01. The predicted molar refractivity (Wildman–Crippen MR) is 77.5 cm³/mol. The van der Waals surface area contributed by atoms with Crippen molar-refractivity contribution >= 4 is 0 Å².